The van der Waals surface area contributed by atoms with Crippen molar-refractivity contribution in [1.82, 2.24) is 5.43 Å². The van der Waals surface area contributed by atoms with E-state index in [0.717, 1.165) is 22.2 Å². The number of methoxy groups -OCH3 is 1. The van der Waals surface area contributed by atoms with E-state index in [1.165, 1.54) is 9.13 Å². The number of nitrogens with one attached hydrogen (secondary N) is 1. The Morgan fingerprint density at radius 1 is 1.30 bits per heavy atom. The van der Waals surface area contributed by atoms with Gasteiger partial charge in [0.05, 0.1) is 13.2 Å². The quantitative estimate of drug-likeness (QED) is 0.417. The molecule has 0 aromatic heterocycles. The molecule has 0 bridgehead atoms. The third-order valence-corrected chi connectivity index (χ3v) is 4.50. The zero-order chi connectivity index (χ0) is 14.5. The highest BCUT2D eigenvalue weighted by Gasteiger charge is 2.14. The van der Waals surface area contributed by atoms with Crippen LogP contribution >= 0.6 is 38.5 Å². The molecule has 0 amide bonds. The fourth-order valence-electron chi connectivity index (χ4n) is 2.08. The molecule has 3 nitrogen and oxygen atoms in total. The van der Waals surface area contributed by atoms with Crippen molar-refractivity contribution in [3.63, 3.8) is 0 Å². The highest BCUT2D eigenvalue weighted by molar-refractivity contribution is 14.1. The summed E-state index contributed by atoms with van der Waals surface area (Å²) >= 11 is 5.89. The summed E-state index contributed by atoms with van der Waals surface area (Å²) in [5.74, 6) is 6.60. The van der Waals surface area contributed by atoms with Crippen molar-refractivity contribution in [1.29, 1.82) is 0 Å². The zero-order valence-corrected chi connectivity index (χ0v) is 14.8. The molecule has 0 fully saturated rings. The van der Waals surface area contributed by atoms with E-state index in [0.29, 0.717) is 0 Å². The molecule has 2 rings (SSSR count). The van der Waals surface area contributed by atoms with E-state index < -0.39 is 0 Å². The zero-order valence-electron chi connectivity index (χ0n) is 11.1. The standard InChI is InChI=1S/C15H16BrIN2O/c1-20-12-4-2-3-10(7-12)8-15(19-18)13-9-11(17)5-6-14(13)16/h2-7,9,15,19H,8,18H2,1H3. The Kier molecular flexibility index (Phi) is 5.83. The van der Waals surface area contributed by atoms with Crippen LogP contribution in [0.3, 0.4) is 0 Å². The maximum atomic E-state index is 5.74. The van der Waals surface area contributed by atoms with Crippen LogP contribution < -0.4 is 16.0 Å². The Labute approximate surface area is 141 Å². The summed E-state index contributed by atoms with van der Waals surface area (Å²) in [5.41, 5.74) is 5.23. The van der Waals surface area contributed by atoms with E-state index in [1.807, 2.05) is 24.3 Å². The number of rotatable bonds is 5. The van der Waals surface area contributed by atoms with E-state index in [2.05, 4.69) is 62.1 Å². The van der Waals surface area contributed by atoms with Crippen LogP contribution in [0.15, 0.2) is 46.9 Å². The minimum atomic E-state index is 0.0474. The summed E-state index contributed by atoms with van der Waals surface area (Å²) in [5, 5.41) is 0. The van der Waals surface area contributed by atoms with Crippen LogP contribution in [0.1, 0.15) is 17.2 Å². The van der Waals surface area contributed by atoms with Crippen LogP contribution in [-0.2, 0) is 6.42 Å². The molecule has 106 valence electrons. The lowest BCUT2D eigenvalue weighted by atomic mass is 9.99. The summed E-state index contributed by atoms with van der Waals surface area (Å²) in [6.07, 6.45) is 0.798. The highest BCUT2D eigenvalue weighted by atomic mass is 127. The second-order valence-electron chi connectivity index (χ2n) is 4.44. The molecule has 0 radical (unpaired) electrons. The summed E-state index contributed by atoms with van der Waals surface area (Å²) < 4.78 is 7.50. The van der Waals surface area contributed by atoms with Gasteiger partial charge in [-0.1, -0.05) is 28.1 Å². The Morgan fingerprint density at radius 3 is 2.80 bits per heavy atom. The molecule has 3 N–H and O–H groups in total. The molecule has 2 aromatic rings. The predicted octanol–water partition coefficient (Wildman–Crippen LogP) is 3.81. The first kappa shape index (κ1) is 15.8. The van der Waals surface area contributed by atoms with Crippen LogP contribution in [0.4, 0.5) is 0 Å². The maximum Gasteiger partial charge on any atom is 0.119 e. The average molecular weight is 447 g/mol. The SMILES string of the molecule is COc1cccc(CC(NN)c2cc(I)ccc2Br)c1. The molecule has 0 spiro atoms. The lowest BCUT2D eigenvalue weighted by Crippen LogP contribution is -2.30. The van der Waals surface area contributed by atoms with Gasteiger partial charge in [0.25, 0.3) is 0 Å². The number of benzene rings is 2. The first-order valence-electron chi connectivity index (χ1n) is 6.18. The van der Waals surface area contributed by atoms with Crippen molar-refractivity contribution in [2.24, 2.45) is 5.84 Å². The average Bonchev–Trinajstić information content (AvgIpc) is 2.47. The topological polar surface area (TPSA) is 47.3 Å². The number of nitrogens with two attached hydrogens (primary N) is 1. The number of hydrogen-bond acceptors (Lipinski definition) is 3. The lowest BCUT2D eigenvalue weighted by Gasteiger charge is -2.18. The van der Waals surface area contributed by atoms with Crippen molar-refractivity contribution in [3.05, 3.63) is 61.6 Å². The molecule has 0 saturated carbocycles. The molecule has 2 aromatic carbocycles. The molecule has 20 heavy (non-hydrogen) atoms. The van der Waals surface area contributed by atoms with Gasteiger partial charge in [-0.05, 0) is 70.5 Å². The second-order valence-corrected chi connectivity index (χ2v) is 6.54. The molecule has 0 aliphatic rings. The monoisotopic (exact) mass is 446 g/mol. The molecule has 0 saturated heterocycles. The smallest absolute Gasteiger partial charge is 0.119 e. The van der Waals surface area contributed by atoms with Gasteiger partial charge in [-0.15, -0.1) is 0 Å². The third kappa shape index (κ3) is 3.94. The molecule has 0 heterocycles. The molecular weight excluding hydrogens is 431 g/mol. The van der Waals surface area contributed by atoms with Crippen molar-refractivity contribution in [2.45, 2.75) is 12.5 Å². The van der Waals surface area contributed by atoms with Crippen LogP contribution in [0, 0.1) is 3.57 Å². The fourth-order valence-corrected chi connectivity index (χ4v) is 3.11. The minimum Gasteiger partial charge on any atom is -0.497 e. The van der Waals surface area contributed by atoms with Gasteiger partial charge in [-0.2, -0.15) is 0 Å². The van der Waals surface area contributed by atoms with Crippen LogP contribution in [0.25, 0.3) is 0 Å². The summed E-state index contributed by atoms with van der Waals surface area (Å²) in [4.78, 5) is 0. The number of hydrogen-bond donors (Lipinski definition) is 2. The molecule has 0 aliphatic heterocycles. The molecule has 5 heteroatoms. The number of halogens is 2. The second kappa shape index (κ2) is 7.40. The van der Waals surface area contributed by atoms with Crippen LogP contribution in [0.2, 0.25) is 0 Å². The summed E-state index contributed by atoms with van der Waals surface area (Å²) in [6, 6.07) is 14.3. The highest BCUT2D eigenvalue weighted by Crippen LogP contribution is 2.28. The van der Waals surface area contributed by atoms with Gasteiger partial charge in [0.15, 0.2) is 0 Å². The van der Waals surface area contributed by atoms with E-state index in [9.17, 15) is 0 Å². The van der Waals surface area contributed by atoms with Gasteiger partial charge in [0, 0.05) is 8.04 Å². The Balaban J connectivity index is 2.26. The predicted molar refractivity (Wildman–Crippen MR) is 93.6 cm³/mol. The summed E-state index contributed by atoms with van der Waals surface area (Å²) in [6.45, 7) is 0. The van der Waals surface area contributed by atoms with Crippen molar-refractivity contribution in [3.8, 4) is 5.75 Å². The molecular formula is C15H16BrIN2O. The number of ether oxygens (including phenoxy) is 1. The molecule has 1 unspecified atom stereocenters. The van der Waals surface area contributed by atoms with Gasteiger partial charge in [-0.25, -0.2) is 0 Å². The first-order valence-corrected chi connectivity index (χ1v) is 8.05. The van der Waals surface area contributed by atoms with E-state index in [-0.39, 0.29) is 6.04 Å². The van der Waals surface area contributed by atoms with Crippen LogP contribution in [-0.4, -0.2) is 7.11 Å². The minimum absolute atomic E-state index is 0.0474. The summed E-state index contributed by atoms with van der Waals surface area (Å²) in [7, 11) is 1.67. The van der Waals surface area contributed by atoms with Crippen molar-refractivity contribution < 1.29 is 4.74 Å². The maximum absolute atomic E-state index is 5.74. The van der Waals surface area contributed by atoms with Crippen molar-refractivity contribution >= 4 is 38.5 Å². The van der Waals surface area contributed by atoms with Gasteiger partial charge < -0.3 is 4.74 Å². The Hall–Kier alpha value is -0.630. The lowest BCUT2D eigenvalue weighted by molar-refractivity contribution is 0.414. The molecule has 0 aliphatic carbocycles. The van der Waals surface area contributed by atoms with Gasteiger partial charge in [0.1, 0.15) is 5.75 Å². The van der Waals surface area contributed by atoms with Gasteiger partial charge >= 0.3 is 0 Å². The fraction of sp³-hybridized carbons (Fsp3) is 0.200. The first-order chi connectivity index (χ1) is 9.63. The number of hydrazine groups is 1. The molecule has 1 atom stereocenters. The Morgan fingerprint density at radius 2 is 2.10 bits per heavy atom. The normalized spacial score (nSPS) is 12.2. The van der Waals surface area contributed by atoms with Crippen LogP contribution in [0.5, 0.6) is 5.75 Å². The largest absolute Gasteiger partial charge is 0.497 e. The Bertz CT molecular complexity index is 592. The van der Waals surface area contributed by atoms with E-state index >= 15 is 0 Å². The third-order valence-electron chi connectivity index (χ3n) is 3.11. The van der Waals surface area contributed by atoms with Crippen molar-refractivity contribution in [2.75, 3.05) is 7.11 Å². The van der Waals surface area contributed by atoms with E-state index in [4.69, 9.17) is 10.6 Å². The van der Waals surface area contributed by atoms with E-state index in [1.54, 1.807) is 7.11 Å². The van der Waals surface area contributed by atoms with Gasteiger partial charge in [-0.3, -0.25) is 11.3 Å². The van der Waals surface area contributed by atoms with Gasteiger partial charge in [0.2, 0.25) is 0 Å².